The highest BCUT2D eigenvalue weighted by Crippen LogP contribution is 2.23. The summed E-state index contributed by atoms with van der Waals surface area (Å²) in [6, 6.07) is 11.2. The van der Waals surface area contributed by atoms with Crippen LogP contribution >= 0.6 is 0 Å². The number of benzene rings is 1. The summed E-state index contributed by atoms with van der Waals surface area (Å²) in [6.45, 7) is 2.48. The van der Waals surface area contributed by atoms with Crippen LogP contribution in [-0.2, 0) is 4.74 Å². The molecule has 208 valence electrons. The molecule has 0 aliphatic rings. The van der Waals surface area contributed by atoms with E-state index in [9.17, 15) is 9.90 Å². The quantitative estimate of drug-likeness (QED) is 0.156. The summed E-state index contributed by atoms with van der Waals surface area (Å²) in [6.07, 6.45) is 18.5. The molecule has 1 unspecified atom stereocenters. The topological polar surface area (TPSA) is 93.8 Å². The first-order valence-corrected chi connectivity index (χ1v) is 14.4. The fraction of sp³-hybridized carbons (Fsp3) is 0.667. The minimum Gasteiger partial charge on any atom is -0.466 e. The lowest BCUT2D eigenvalue weighted by Crippen LogP contribution is -2.33. The number of alkyl carbamates (subject to hydrolysis) is 1. The largest absolute Gasteiger partial charge is 0.466 e. The number of aliphatic hydroxyl groups excluding tert-OH is 1. The number of amides is 1. The molecule has 1 aromatic carbocycles. The number of hydrogen-bond donors (Lipinski definition) is 2. The van der Waals surface area contributed by atoms with E-state index in [-0.39, 0.29) is 19.1 Å². The van der Waals surface area contributed by atoms with Gasteiger partial charge in [-0.3, -0.25) is 0 Å². The molecule has 37 heavy (non-hydrogen) atoms. The van der Waals surface area contributed by atoms with Gasteiger partial charge in [-0.15, -0.1) is 0 Å². The lowest BCUT2D eigenvalue weighted by atomic mass is 10.0. The van der Waals surface area contributed by atoms with E-state index in [1.807, 2.05) is 30.3 Å². The molecule has 0 radical (unpaired) electrons. The van der Waals surface area contributed by atoms with Gasteiger partial charge in [0.1, 0.15) is 6.61 Å². The van der Waals surface area contributed by atoms with Gasteiger partial charge in [0.15, 0.2) is 11.9 Å². The van der Waals surface area contributed by atoms with Gasteiger partial charge < -0.3 is 24.4 Å². The molecule has 0 bridgehead atoms. The molecule has 1 aromatic heterocycles. The molecule has 0 fully saturated rings. The van der Waals surface area contributed by atoms with Crippen molar-refractivity contribution in [2.45, 2.75) is 109 Å². The van der Waals surface area contributed by atoms with Gasteiger partial charge in [0.05, 0.1) is 6.61 Å². The van der Waals surface area contributed by atoms with Gasteiger partial charge >= 0.3 is 6.09 Å². The van der Waals surface area contributed by atoms with Crippen LogP contribution in [0.3, 0.4) is 0 Å². The van der Waals surface area contributed by atoms with Crippen LogP contribution in [0.25, 0.3) is 11.3 Å². The lowest BCUT2D eigenvalue weighted by Gasteiger charge is -2.15. The molecule has 0 saturated heterocycles. The number of hydrogen-bond acceptors (Lipinski definition) is 6. The average Bonchev–Trinajstić information content (AvgIpc) is 3.40. The maximum atomic E-state index is 11.9. The van der Waals surface area contributed by atoms with Gasteiger partial charge in [-0.25, -0.2) is 4.79 Å². The van der Waals surface area contributed by atoms with E-state index in [2.05, 4.69) is 17.4 Å². The highest BCUT2D eigenvalue weighted by molar-refractivity contribution is 5.67. The first-order valence-electron chi connectivity index (χ1n) is 14.4. The summed E-state index contributed by atoms with van der Waals surface area (Å²) in [7, 11) is 0. The Morgan fingerprint density at radius 1 is 0.892 bits per heavy atom. The van der Waals surface area contributed by atoms with Crippen molar-refractivity contribution in [3.05, 3.63) is 36.4 Å². The molecule has 0 aliphatic heterocycles. The van der Waals surface area contributed by atoms with Crippen LogP contribution in [0.1, 0.15) is 103 Å². The van der Waals surface area contributed by atoms with E-state index in [4.69, 9.17) is 14.0 Å². The summed E-state index contributed by atoms with van der Waals surface area (Å²) in [5, 5.41) is 16.2. The van der Waals surface area contributed by atoms with Crippen LogP contribution in [0, 0.1) is 0 Å². The van der Waals surface area contributed by atoms with E-state index >= 15 is 0 Å². The zero-order chi connectivity index (χ0) is 26.4. The SMILES string of the molecule is CCCCCCCCCCCCCCCCCNC(=O)OCC(CO)Oc1cc(-c2ccccc2)on1. The van der Waals surface area contributed by atoms with Crippen molar-refractivity contribution < 1.29 is 23.9 Å². The summed E-state index contributed by atoms with van der Waals surface area (Å²) in [5.41, 5.74) is 0.875. The summed E-state index contributed by atoms with van der Waals surface area (Å²) < 4.78 is 16.1. The number of unbranched alkanes of at least 4 members (excludes halogenated alkanes) is 14. The fourth-order valence-electron chi connectivity index (χ4n) is 4.25. The predicted molar refractivity (Wildman–Crippen MR) is 148 cm³/mol. The van der Waals surface area contributed by atoms with Crippen LogP contribution in [0.15, 0.2) is 40.9 Å². The lowest BCUT2D eigenvalue weighted by molar-refractivity contribution is 0.0427. The van der Waals surface area contributed by atoms with Crippen molar-refractivity contribution in [3.63, 3.8) is 0 Å². The predicted octanol–water partition coefficient (Wildman–Crippen LogP) is 7.68. The van der Waals surface area contributed by atoms with E-state index in [0.29, 0.717) is 12.3 Å². The van der Waals surface area contributed by atoms with Gasteiger partial charge in [0.25, 0.3) is 5.88 Å². The summed E-state index contributed by atoms with van der Waals surface area (Å²) in [5.74, 6) is 0.800. The summed E-state index contributed by atoms with van der Waals surface area (Å²) >= 11 is 0. The number of carbonyl (C=O) groups is 1. The Hall–Kier alpha value is -2.54. The van der Waals surface area contributed by atoms with E-state index in [1.54, 1.807) is 6.07 Å². The number of carbonyl (C=O) groups excluding carboxylic acids is 1. The van der Waals surface area contributed by atoms with Crippen molar-refractivity contribution in [1.82, 2.24) is 10.5 Å². The Labute approximate surface area is 223 Å². The maximum Gasteiger partial charge on any atom is 0.407 e. The second-order valence-corrected chi connectivity index (χ2v) is 9.79. The van der Waals surface area contributed by atoms with E-state index in [1.165, 1.54) is 83.5 Å². The first-order chi connectivity index (χ1) is 18.2. The molecule has 1 atom stereocenters. The van der Waals surface area contributed by atoms with Gasteiger partial charge in [0.2, 0.25) is 0 Å². The van der Waals surface area contributed by atoms with Gasteiger partial charge in [-0.2, -0.15) is 0 Å². The molecule has 2 rings (SSSR count). The Balaban J connectivity index is 1.41. The van der Waals surface area contributed by atoms with E-state index < -0.39 is 12.2 Å². The number of nitrogens with zero attached hydrogens (tertiary/aromatic N) is 1. The fourth-order valence-corrected chi connectivity index (χ4v) is 4.25. The van der Waals surface area contributed by atoms with Gasteiger partial charge in [0, 0.05) is 18.2 Å². The molecule has 1 heterocycles. The van der Waals surface area contributed by atoms with Crippen LogP contribution in [0.5, 0.6) is 5.88 Å². The molecule has 0 spiro atoms. The third-order valence-electron chi connectivity index (χ3n) is 6.49. The van der Waals surface area contributed by atoms with E-state index in [0.717, 1.165) is 18.4 Å². The molecule has 7 nitrogen and oxygen atoms in total. The highest BCUT2D eigenvalue weighted by atomic mass is 16.6. The third-order valence-corrected chi connectivity index (χ3v) is 6.49. The van der Waals surface area contributed by atoms with Crippen LogP contribution < -0.4 is 10.1 Å². The monoisotopic (exact) mass is 516 g/mol. The number of ether oxygens (including phenoxy) is 2. The van der Waals surface area contributed by atoms with Crippen LogP contribution in [-0.4, -0.2) is 42.2 Å². The zero-order valence-electron chi connectivity index (χ0n) is 22.8. The minimum absolute atomic E-state index is 0.0747. The third kappa shape index (κ3) is 14.7. The average molecular weight is 517 g/mol. The minimum atomic E-state index is -0.717. The van der Waals surface area contributed by atoms with Crippen LogP contribution in [0.4, 0.5) is 4.79 Å². The first kappa shape index (κ1) is 30.7. The number of aliphatic hydroxyl groups is 1. The normalized spacial score (nSPS) is 11.8. The molecule has 1 amide bonds. The molecule has 2 N–H and O–H groups in total. The van der Waals surface area contributed by atoms with Gasteiger partial charge in [-0.1, -0.05) is 127 Å². The Kier molecular flexibility index (Phi) is 17.0. The second-order valence-electron chi connectivity index (χ2n) is 9.79. The number of nitrogens with one attached hydrogen (secondary N) is 1. The second kappa shape index (κ2) is 20.5. The molecule has 0 aliphatic carbocycles. The van der Waals surface area contributed by atoms with Crippen molar-refractivity contribution in [2.24, 2.45) is 0 Å². The molecular weight excluding hydrogens is 468 g/mol. The Morgan fingerprint density at radius 3 is 2.03 bits per heavy atom. The Bertz CT molecular complexity index is 811. The molecule has 0 saturated carbocycles. The van der Waals surface area contributed by atoms with Crippen molar-refractivity contribution in [3.8, 4) is 17.2 Å². The van der Waals surface area contributed by atoms with Crippen molar-refractivity contribution >= 4 is 6.09 Å². The Morgan fingerprint density at radius 2 is 1.46 bits per heavy atom. The molecule has 7 heteroatoms. The smallest absolute Gasteiger partial charge is 0.407 e. The molecule has 2 aromatic rings. The standard InChI is InChI=1S/C30H48N2O5/c1-2-3-4-5-6-7-8-9-10-11-12-13-14-15-19-22-31-30(34)35-25-27(24-33)36-29-23-28(37-32-29)26-20-17-16-18-21-26/h16-18,20-21,23,27,33H,2-15,19,22,24-25H2,1H3,(H,31,34). The van der Waals surface area contributed by atoms with Crippen molar-refractivity contribution in [2.75, 3.05) is 19.8 Å². The summed E-state index contributed by atoms with van der Waals surface area (Å²) in [4.78, 5) is 11.9. The van der Waals surface area contributed by atoms with Crippen molar-refractivity contribution in [1.29, 1.82) is 0 Å². The molecular formula is C30H48N2O5. The number of aromatic nitrogens is 1. The highest BCUT2D eigenvalue weighted by Gasteiger charge is 2.16. The zero-order valence-corrected chi connectivity index (χ0v) is 22.8. The number of rotatable bonds is 22. The van der Waals surface area contributed by atoms with Crippen LogP contribution in [0.2, 0.25) is 0 Å². The van der Waals surface area contributed by atoms with Gasteiger partial charge in [-0.05, 0) is 11.6 Å². The maximum absolute atomic E-state index is 11.9.